The zero-order chi connectivity index (χ0) is 13.3. The average molecular weight is 253 g/mol. The summed E-state index contributed by atoms with van der Waals surface area (Å²) in [5.41, 5.74) is -0.209. The molecular formula is C11H15N3O4. The minimum Gasteiger partial charge on any atom is -0.479 e. The highest BCUT2D eigenvalue weighted by molar-refractivity contribution is 5.93. The Kier molecular flexibility index (Phi) is 3.08. The Hall–Kier alpha value is -1.89. The summed E-state index contributed by atoms with van der Waals surface area (Å²) in [6.07, 6.45) is 0.286. The first-order valence-corrected chi connectivity index (χ1v) is 5.58. The number of H-pyrrole nitrogens is 1. The van der Waals surface area contributed by atoms with Gasteiger partial charge in [-0.3, -0.25) is 9.89 Å². The SMILES string of the molecule is COC1(C(=O)O)CCN(C(=O)c2cc(C)[nH]n2)C1. The topological polar surface area (TPSA) is 95.5 Å². The van der Waals surface area contributed by atoms with Crippen LogP contribution in [-0.2, 0) is 9.53 Å². The van der Waals surface area contributed by atoms with Gasteiger partial charge >= 0.3 is 5.97 Å². The monoisotopic (exact) mass is 253 g/mol. The molecule has 1 atom stereocenters. The molecule has 98 valence electrons. The minimum absolute atomic E-state index is 0.0452. The molecule has 1 unspecified atom stereocenters. The van der Waals surface area contributed by atoms with E-state index in [1.54, 1.807) is 13.0 Å². The molecule has 0 aromatic carbocycles. The first-order valence-electron chi connectivity index (χ1n) is 5.58. The summed E-state index contributed by atoms with van der Waals surface area (Å²) in [5, 5.41) is 15.7. The van der Waals surface area contributed by atoms with Crippen LogP contribution in [-0.4, -0.2) is 57.9 Å². The molecule has 0 aliphatic carbocycles. The second kappa shape index (κ2) is 4.41. The van der Waals surface area contributed by atoms with E-state index in [1.807, 2.05) is 0 Å². The highest BCUT2D eigenvalue weighted by Gasteiger charge is 2.47. The summed E-state index contributed by atoms with van der Waals surface area (Å²) in [5.74, 6) is -1.32. The van der Waals surface area contributed by atoms with E-state index in [-0.39, 0.29) is 18.9 Å². The van der Waals surface area contributed by atoms with Crippen molar-refractivity contribution in [3.63, 3.8) is 0 Å². The molecule has 1 amide bonds. The molecule has 2 heterocycles. The van der Waals surface area contributed by atoms with Crippen LogP contribution < -0.4 is 0 Å². The Morgan fingerprint density at radius 1 is 1.61 bits per heavy atom. The lowest BCUT2D eigenvalue weighted by molar-refractivity contribution is -0.160. The van der Waals surface area contributed by atoms with Crippen molar-refractivity contribution in [3.8, 4) is 0 Å². The smallest absolute Gasteiger partial charge is 0.337 e. The highest BCUT2D eigenvalue weighted by atomic mass is 16.5. The van der Waals surface area contributed by atoms with Crippen LogP contribution in [0.25, 0.3) is 0 Å². The van der Waals surface area contributed by atoms with Gasteiger partial charge in [-0.15, -0.1) is 0 Å². The van der Waals surface area contributed by atoms with Gasteiger partial charge < -0.3 is 14.7 Å². The number of aromatic nitrogens is 2. The number of aromatic amines is 1. The van der Waals surface area contributed by atoms with Gasteiger partial charge in [-0.25, -0.2) is 4.79 Å². The van der Waals surface area contributed by atoms with E-state index < -0.39 is 11.6 Å². The van der Waals surface area contributed by atoms with Gasteiger partial charge in [-0.2, -0.15) is 5.10 Å². The van der Waals surface area contributed by atoms with Crippen molar-refractivity contribution in [2.24, 2.45) is 0 Å². The number of methoxy groups -OCH3 is 1. The Bertz CT molecular complexity index is 484. The Labute approximate surface area is 104 Å². The van der Waals surface area contributed by atoms with Crippen LogP contribution in [0, 0.1) is 6.92 Å². The lowest BCUT2D eigenvalue weighted by Crippen LogP contribution is -2.44. The van der Waals surface area contributed by atoms with Gasteiger partial charge in [0.1, 0.15) is 5.69 Å². The lowest BCUT2D eigenvalue weighted by Gasteiger charge is -2.22. The second-order valence-corrected chi connectivity index (χ2v) is 4.42. The quantitative estimate of drug-likeness (QED) is 0.792. The first-order chi connectivity index (χ1) is 8.48. The number of rotatable bonds is 3. The standard InChI is InChI=1S/C11H15N3O4/c1-7-5-8(13-12-7)9(15)14-4-3-11(6-14,18-2)10(16)17/h5H,3-4,6H2,1-2H3,(H,12,13)(H,16,17). The fourth-order valence-corrected chi connectivity index (χ4v) is 2.07. The summed E-state index contributed by atoms with van der Waals surface area (Å²) >= 11 is 0. The third-order valence-electron chi connectivity index (χ3n) is 3.22. The molecule has 1 aliphatic rings. The van der Waals surface area contributed by atoms with E-state index in [4.69, 9.17) is 9.84 Å². The van der Waals surface area contributed by atoms with E-state index in [0.717, 1.165) is 5.69 Å². The summed E-state index contributed by atoms with van der Waals surface area (Å²) in [4.78, 5) is 24.7. The van der Waals surface area contributed by atoms with E-state index in [0.29, 0.717) is 12.2 Å². The largest absolute Gasteiger partial charge is 0.479 e. The average Bonchev–Trinajstić information content (AvgIpc) is 2.95. The van der Waals surface area contributed by atoms with Gasteiger partial charge in [0.15, 0.2) is 5.60 Å². The third-order valence-corrected chi connectivity index (χ3v) is 3.22. The number of carbonyl (C=O) groups is 2. The van der Waals surface area contributed by atoms with Crippen LogP contribution in [0.3, 0.4) is 0 Å². The number of amides is 1. The van der Waals surface area contributed by atoms with Crippen molar-refractivity contribution in [1.29, 1.82) is 0 Å². The van der Waals surface area contributed by atoms with Crippen molar-refractivity contribution in [1.82, 2.24) is 15.1 Å². The predicted molar refractivity (Wildman–Crippen MR) is 61.2 cm³/mol. The van der Waals surface area contributed by atoms with Gasteiger partial charge in [0.25, 0.3) is 5.91 Å². The maximum absolute atomic E-state index is 12.1. The Balaban J connectivity index is 2.13. The van der Waals surface area contributed by atoms with Gasteiger partial charge in [0.05, 0.1) is 6.54 Å². The summed E-state index contributed by atoms with van der Waals surface area (Å²) in [7, 11) is 1.35. The fourth-order valence-electron chi connectivity index (χ4n) is 2.07. The van der Waals surface area contributed by atoms with Crippen LogP contribution in [0.2, 0.25) is 0 Å². The van der Waals surface area contributed by atoms with Crippen LogP contribution >= 0.6 is 0 Å². The fraction of sp³-hybridized carbons (Fsp3) is 0.545. The van der Waals surface area contributed by atoms with Crippen LogP contribution in [0.4, 0.5) is 0 Å². The summed E-state index contributed by atoms with van der Waals surface area (Å²) in [6.45, 7) is 2.19. The molecular weight excluding hydrogens is 238 g/mol. The van der Waals surface area contributed by atoms with Crippen molar-refractivity contribution < 1.29 is 19.4 Å². The van der Waals surface area contributed by atoms with Crippen molar-refractivity contribution in [2.75, 3.05) is 20.2 Å². The molecule has 18 heavy (non-hydrogen) atoms. The summed E-state index contributed by atoms with van der Waals surface area (Å²) in [6, 6.07) is 1.63. The van der Waals surface area contributed by atoms with Gasteiger partial charge in [-0.1, -0.05) is 0 Å². The number of carbonyl (C=O) groups excluding carboxylic acids is 1. The van der Waals surface area contributed by atoms with Gasteiger partial charge in [0, 0.05) is 25.8 Å². The van der Waals surface area contributed by atoms with Gasteiger partial charge in [0.2, 0.25) is 0 Å². The number of hydrogen-bond acceptors (Lipinski definition) is 4. The second-order valence-electron chi connectivity index (χ2n) is 4.42. The molecule has 1 aromatic heterocycles. The summed E-state index contributed by atoms with van der Waals surface area (Å²) < 4.78 is 5.06. The van der Waals surface area contributed by atoms with E-state index in [1.165, 1.54) is 12.0 Å². The molecule has 2 rings (SSSR count). The van der Waals surface area contributed by atoms with Gasteiger partial charge in [-0.05, 0) is 13.0 Å². The number of aliphatic carboxylic acids is 1. The number of nitrogens with zero attached hydrogens (tertiary/aromatic N) is 2. The number of hydrogen-bond donors (Lipinski definition) is 2. The van der Waals surface area contributed by atoms with E-state index >= 15 is 0 Å². The molecule has 1 aromatic rings. The van der Waals surface area contributed by atoms with Crippen LogP contribution in [0.5, 0.6) is 0 Å². The zero-order valence-corrected chi connectivity index (χ0v) is 10.3. The lowest BCUT2D eigenvalue weighted by atomic mass is 10.0. The Morgan fingerprint density at radius 2 is 2.33 bits per heavy atom. The molecule has 0 spiro atoms. The Morgan fingerprint density at radius 3 is 2.78 bits per heavy atom. The molecule has 1 saturated heterocycles. The van der Waals surface area contributed by atoms with E-state index in [2.05, 4.69) is 10.2 Å². The predicted octanol–water partition coefficient (Wildman–Crippen LogP) is 0.0338. The number of ether oxygens (including phenoxy) is 1. The third kappa shape index (κ3) is 1.97. The number of aryl methyl sites for hydroxylation is 1. The van der Waals surface area contributed by atoms with Crippen molar-refractivity contribution in [2.45, 2.75) is 18.9 Å². The highest BCUT2D eigenvalue weighted by Crippen LogP contribution is 2.26. The van der Waals surface area contributed by atoms with Crippen molar-refractivity contribution in [3.05, 3.63) is 17.5 Å². The number of carboxylic acid groups (broad SMARTS) is 1. The first kappa shape index (κ1) is 12.6. The maximum atomic E-state index is 12.1. The number of carboxylic acids is 1. The molecule has 7 nitrogen and oxygen atoms in total. The zero-order valence-electron chi connectivity index (χ0n) is 10.3. The maximum Gasteiger partial charge on any atom is 0.337 e. The van der Waals surface area contributed by atoms with Crippen LogP contribution in [0.15, 0.2) is 6.07 Å². The minimum atomic E-state index is -1.29. The molecule has 1 aliphatic heterocycles. The van der Waals surface area contributed by atoms with Crippen molar-refractivity contribution >= 4 is 11.9 Å². The normalized spacial score (nSPS) is 23.3. The molecule has 0 saturated carbocycles. The number of likely N-dealkylation sites (tertiary alicyclic amines) is 1. The van der Waals surface area contributed by atoms with Crippen LogP contribution in [0.1, 0.15) is 22.6 Å². The van der Waals surface area contributed by atoms with E-state index in [9.17, 15) is 9.59 Å². The molecule has 2 N–H and O–H groups in total. The molecule has 7 heteroatoms. The molecule has 0 bridgehead atoms. The molecule has 0 radical (unpaired) electrons. The number of nitrogens with one attached hydrogen (secondary N) is 1. The molecule has 1 fully saturated rings.